The summed E-state index contributed by atoms with van der Waals surface area (Å²) in [7, 11) is 0. The molecule has 1 aliphatic heterocycles. The lowest BCUT2D eigenvalue weighted by molar-refractivity contribution is -0.384. The number of amides is 2. The van der Waals surface area contributed by atoms with Crippen molar-refractivity contribution < 1.29 is 14.5 Å². The van der Waals surface area contributed by atoms with Crippen LogP contribution in [0.1, 0.15) is 30.7 Å². The molecule has 0 bridgehead atoms. The topological polar surface area (TPSA) is 109 Å². The summed E-state index contributed by atoms with van der Waals surface area (Å²) in [4.78, 5) is 42.2. The minimum atomic E-state index is -0.461. The van der Waals surface area contributed by atoms with E-state index in [1.54, 1.807) is 23.1 Å². The van der Waals surface area contributed by atoms with Gasteiger partial charge in [-0.3, -0.25) is 19.7 Å². The standard InChI is InChI=1S/C27H29N5O4/c33-19-29-27-26(25(11-14-28-27)23-7-9-24(10-8-23)32(35)36)31(20-34)16-4-15-30-17-12-22(13-18-30)21-5-2-1-3-6-21/h1-3,5-11,14,19-20,22H,4,12-13,15-18H2,(H,28,29,33). The molecule has 0 unspecified atom stereocenters. The number of carbonyl (C=O) groups is 2. The number of non-ortho nitro benzene ring substituents is 1. The predicted molar refractivity (Wildman–Crippen MR) is 139 cm³/mol. The molecule has 2 aromatic carbocycles. The second-order valence-electron chi connectivity index (χ2n) is 8.80. The zero-order chi connectivity index (χ0) is 25.3. The summed E-state index contributed by atoms with van der Waals surface area (Å²) in [6.07, 6.45) is 5.77. The Kier molecular flexibility index (Phi) is 8.36. The van der Waals surface area contributed by atoms with E-state index >= 15 is 0 Å². The van der Waals surface area contributed by atoms with Gasteiger partial charge in [0.25, 0.3) is 5.69 Å². The number of likely N-dealkylation sites (tertiary alicyclic amines) is 1. The molecule has 36 heavy (non-hydrogen) atoms. The maximum Gasteiger partial charge on any atom is 0.269 e. The van der Waals surface area contributed by atoms with Crippen molar-refractivity contribution in [2.75, 3.05) is 36.4 Å². The molecule has 0 radical (unpaired) electrons. The number of carbonyl (C=O) groups excluding carboxylic acids is 2. The van der Waals surface area contributed by atoms with Crippen LogP contribution in [0.15, 0.2) is 66.9 Å². The largest absolute Gasteiger partial charge is 0.312 e. The average molecular weight is 488 g/mol. The first-order valence-corrected chi connectivity index (χ1v) is 12.0. The van der Waals surface area contributed by atoms with Gasteiger partial charge in [0.15, 0.2) is 5.82 Å². The van der Waals surface area contributed by atoms with E-state index in [9.17, 15) is 19.7 Å². The third-order valence-corrected chi connectivity index (χ3v) is 6.66. The Hall–Kier alpha value is -4.11. The summed E-state index contributed by atoms with van der Waals surface area (Å²) >= 11 is 0. The molecule has 0 aliphatic carbocycles. The zero-order valence-electron chi connectivity index (χ0n) is 20.0. The molecule has 0 saturated carbocycles. The molecule has 3 aromatic rings. The summed E-state index contributed by atoms with van der Waals surface area (Å²) in [6.45, 7) is 3.33. The van der Waals surface area contributed by atoms with Crippen LogP contribution in [0.25, 0.3) is 11.1 Å². The second kappa shape index (κ2) is 12.0. The number of hydrogen-bond acceptors (Lipinski definition) is 6. The van der Waals surface area contributed by atoms with Gasteiger partial charge in [-0.1, -0.05) is 30.3 Å². The molecular weight excluding hydrogens is 458 g/mol. The Bertz CT molecular complexity index is 1180. The fourth-order valence-corrected chi connectivity index (χ4v) is 4.80. The van der Waals surface area contributed by atoms with E-state index in [2.05, 4.69) is 39.5 Å². The van der Waals surface area contributed by atoms with E-state index in [4.69, 9.17) is 0 Å². The minimum absolute atomic E-state index is 0.0242. The van der Waals surface area contributed by atoms with Gasteiger partial charge in [-0.15, -0.1) is 0 Å². The smallest absolute Gasteiger partial charge is 0.269 e. The summed E-state index contributed by atoms with van der Waals surface area (Å²) in [5, 5.41) is 13.6. The number of anilines is 2. The van der Waals surface area contributed by atoms with Gasteiger partial charge in [0, 0.05) is 30.4 Å². The zero-order valence-corrected chi connectivity index (χ0v) is 20.0. The number of hydrogen-bond donors (Lipinski definition) is 1. The van der Waals surface area contributed by atoms with E-state index in [1.807, 2.05) is 6.07 Å². The summed E-state index contributed by atoms with van der Waals surface area (Å²) in [6, 6.07) is 18.4. The molecule has 1 aromatic heterocycles. The Morgan fingerprint density at radius 1 is 1.06 bits per heavy atom. The Balaban J connectivity index is 1.44. The van der Waals surface area contributed by atoms with Crippen LogP contribution < -0.4 is 10.2 Å². The number of rotatable bonds is 11. The van der Waals surface area contributed by atoms with Gasteiger partial charge in [-0.25, -0.2) is 4.98 Å². The van der Waals surface area contributed by atoms with Crippen LogP contribution in [0.2, 0.25) is 0 Å². The fourth-order valence-electron chi connectivity index (χ4n) is 4.80. The summed E-state index contributed by atoms with van der Waals surface area (Å²) in [5.41, 5.74) is 3.18. The SMILES string of the molecule is O=CNc1nccc(-c2ccc([N+](=O)[O-])cc2)c1N(C=O)CCCN1CCC(c2ccccc2)CC1. The van der Waals surface area contributed by atoms with E-state index in [0.717, 1.165) is 45.3 Å². The molecular formula is C27H29N5O4. The molecule has 0 spiro atoms. The Morgan fingerprint density at radius 2 is 1.78 bits per heavy atom. The number of piperidine rings is 1. The molecule has 0 atom stereocenters. The van der Waals surface area contributed by atoms with Crippen LogP contribution >= 0.6 is 0 Å². The third-order valence-electron chi connectivity index (χ3n) is 6.66. The maximum absolute atomic E-state index is 12.2. The molecule has 1 fully saturated rings. The first kappa shape index (κ1) is 25.0. The highest BCUT2D eigenvalue weighted by Crippen LogP contribution is 2.36. The molecule has 1 saturated heterocycles. The number of nitro groups is 1. The van der Waals surface area contributed by atoms with Gasteiger partial charge in [-0.2, -0.15) is 0 Å². The highest BCUT2D eigenvalue weighted by Gasteiger charge is 2.22. The van der Waals surface area contributed by atoms with Crippen molar-refractivity contribution in [1.29, 1.82) is 0 Å². The normalized spacial score (nSPS) is 14.2. The van der Waals surface area contributed by atoms with Crippen LogP contribution in [-0.2, 0) is 9.59 Å². The fraction of sp³-hybridized carbons (Fsp3) is 0.296. The number of nitrogens with one attached hydrogen (secondary N) is 1. The van der Waals surface area contributed by atoms with Gasteiger partial charge >= 0.3 is 0 Å². The first-order chi connectivity index (χ1) is 17.6. The van der Waals surface area contributed by atoms with Gasteiger partial charge in [0.1, 0.15) is 0 Å². The number of pyridine rings is 1. The van der Waals surface area contributed by atoms with Gasteiger partial charge in [-0.05, 0) is 74.1 Å². The van der Waals surface area contributed by atoms with E-state index in [0.29, 0.717) is 35.7 Å². The molecule has 2 heterocycles. The Morgan fingerprint density at radius 3 is 2.42 bits per heavy atom. The lowest BCUT2D eigenvalue weighted by atomic mass is 9.89. The second-order valence-corrected chi connectivity index (χ2v) is 8.80. The first-order valence-electron chi connectivity index (χ1n) is 12.0. The van der Waals surface area contributed by atoms with Crippen LogP contribution in [0.4, 0.5) is 17.2 Å². The van der Waals surface area contributed by atoms with Gasteiger partial charge < -0.3 is 15.1 Å². The van der Waals surface area contributed by atoms with Crippen molar-refractivity contribution in [3.63, 3.8) is 0 Å². The van der Waals surface area contributed by atoms with E-state index in [-0.39, 0.29) is 11.5 Å². The molecule has 186 valence electrons. The van der Waals surface area contributed by atoms with E-state index in [1.165, 1.54) is 23.9 Å². The highest BCUT2D eigenvalue weighted by molar-refractivity contribution is 5.95. The average Bonchev–Trinajstić information content (AvgIpc) is 2.92. The molecule has 1 aliphatic rings. The van der Waals surface area contributed by atoms with Crippen molar-refractivity contribution in [2.45, 2.75) is 25.2 Å². The molecule has 9 nitrogen and oxygen atoms in total. The maximum atomic E-state index is 12.2. The van der Waals surface area contributed by atoms with Crippen molar-refractivity contribution >= 4 is 30.0 Å². The molecule has 9 heteroatoms. The third kappa shape index (κ3) is 5.92. The van der Waals surface area contributed by atoms with Crippen molar-refractivity contribution in [3.8, 4) is 11.1 Å². The van der Waals surface area contributed by atoms with Crippen molar-refractivity contribution in [3.05, 3.63) is 82.5 Å². The quantitative estimate of drug-likeness (QED) is 0.243. The van der Waals surface area contributed by atoms with Gasteiger partial charge in [0.05, 0.1) is 10.6 Å². The number of nitrogens with zero attached hydrogens (tertiary/aromatic N) is 4. The van der Waals surface area contributed by atoms with Crippen LogP contribution in [0.5, 0.6) is 0 Å². The summed E-state index contributed by atoms with van der Waals surface area (Å²) < 4.78 is 0. The number of nitro benzene ring substituents is 1. The molecule has 1 N–H and O–H groups in total. The Labute approximate surface area is 209 Å². The van der Waals surface area contributed by atoms with E-state index < -0.39 is 4.92 Å². The van der Waals surface area contributed by atoms with Gasteiger partial charge in [0.2, 0.25) is 12.8 Å². The van der Waals surface area contributed by atoms with Crippen molar-refractivity contribution in [2.24, 2.45) is 0 Å². The molecule has 4 rings (SSSR count). The lowest BCUT2D eigenvalue weighted by Crippen LogP contribution is -2.35. The van der Waals surface area contributed by atoms with Crippen LogP contribution in [0.3, 0.4) is 0 Å². The minimum Gasteiger partial charge on any atom is -0.312 e. The van der Waals surface area contributed by atoms with Crippen LogP contribution in [-0.4, -0.2) is 53.8 Å². The monoisotopic (exact) mass is 487 g/mol. The predicted octanol–water partition coefficient (Wildman–Crippen LogP) is 4.46. The number of benzene rings is 2. The highest BCUT2D eigenvalue weighted by atomic mass is 16.6. The van der Waals surface area contributed by atoms with Crippen LogP contribution in [0, 0.1) is 10.1 Å². The summed E-state index contributed by atoms with van der Waals surface area (Å²) in [5.74, 6) is 0.849. The number of aromatic nitrogens is 1. The molecule has 2 amide bonds. The van der Waals surface area contributed by atoms with Crippen molar-refractivity contribution in [1.82, 2.24) is 9.88 Å². The lowest BCUT2D eigenvalue weighted by Gasteiger charge is -2.32.